The van der Waals surface area contributed by atoms with E-state index in [0.717, 1.165) is 36.7 Å². The molecule has 2 aliphatic rings. The Bertz CT molecular complexity index is 751. The lowest BCUT2D eigenvalue weighted by Gasteiger charge is -2.36. The molecule has 0 amide bonds. The molecule has 4 nitrogen and oxygen atoms in total. The van der Waals surface area contributed by atoms with Gasteiger partial charge in [-0.15, -0.1) is 0 Å². The summed E-state index contributed by atoms with van der Waals surface area (Å²) in [4.78, 5) is 17.9. The van der Waals surface area contributed by atoms with Crippen molar-refractivity contribution in [1.82, 2.24) is 9.88 Å². The van der Waals surface area contributed by atoms with E-state index in [0.29, 0.717) is 0 Å². The Morgan fingerprint density at radius 2 is 1.88 bits per heavy atom. The fourth-order valence-electron chi connectivity index (χ4n) is 3.71. The van der Waals surface area contributed by atoms with Gasteiger partial charge in [0.2, 0.25) is 0 Å². The monoisotopic (exact) mass is 322 g/mol. The Morgan fingerprint density at radius 3 is 2.50 bits per heavy atom. The first-order valence-electron chi connectivity index (χ1n) is 8.76. The maximum atomic E-state index is 10.9. The lowest BCUT2D eigenvalue weighted by molar-refractivity contribution is 0.0696. The van der Waals surface area contributed by atoms with Crippen LogP contribution in [0.2, 0.25) is 0 Å². The summed E-state index contributed by atoms with van der Waals surface area (Å²) in [6, 6.07) is 10.8. The predicted molar refractivity (Wildman–Crippen MR) is 93.3 cm³/mol. The second-order valence-electron chi connectivity index (χ2n) is 6.84. The molecule has 0 radical (unpaired) electrons. The molecule has 0 bridgehead atoms. The number of pyridine rings is 1. The molecule has 0 atom stereocenters. The zero-order chi connectivity index (χ0) is 16.5. The third-order valence-corrected chi connectivity index (χ3v) is 5.44. The van der Waals surface area contributed by atoms with Crippen LogP contribution in [-0.4, -0.2) is 40.1 Å². The molecule has 4 rings (SSSR count). The van der Waals surface area contributed by atoms with Crippen molar-refractivity contribution in [2.45, 2.75) is 38.1 Å². The molecule has 1 aromatic heterocycles. The Hall–Kier alpha value is -2.20. The fourth-order valence-corrected chi connectivity index (χ4v) is 3.71. The number of aromatic carboxylic acids is 1. The standard InChI is InChI=1S/C20H22N2O2/c23-20(24)17-6-7-19(21-13-17)16-5-4-14-8-10-22(18-2-1-3-18)11-9-15(14)12-16/h4-7,12-13,18H,1-3,8-11H2,(H,23,24). The normalized spacial score (nSPS) is 18.5. The van der Waals surface area contributed by atoms with Gasteiger partial charge in [-0.3, -0.25) is 9.88 Å². The highest BCUT2D eigenvalue weighted by atomic mass is 16.4. The van der Waals surface area contributed by atoms with Crippen LogP contribution in [0.25, 0.3) is 11.3 Å². The molecule has 1 aromatic carbocycles. The van der Waals surface area contributed by atoms with E-state index in [-0.39, 0.29) is 5.56 Å². The van der Waals surface area contributed by atoms with Gasteiger partial charge in [-0.05, 0) is 55.0 Å². The van der Waals surface area contributed by atoms with Crippen molar-refractivity contribution in [3.63, 3.8) is 0 Å². The molecule has 1 aliphatic heterocycles. The summed E-state index contributed by atoms with van der Waals surface area (Å²) >= 11 is 0. The molecule has 4 heteroatoms. The first kappa shape index (κ1) is 15.3. The van der Waals surface area contributed by atoms with E-state index in [4.69, 9.17) is 5.11 Å². The smallest absolute Gasteiger partial charge is 0.337 e. The second kappa shape index (κ2) is 6.36. The van der Waals surface area contributed by atoms with Crippen molar-refractivity contribution in [2.75, 3.05) is 13.1 Å². The minimum absolute atomic E-state index is 0.227. The number of carboxylic acids is 1. The van der Waals surface area contributed by atoms with E-state index in [9.17, 15) is 4.79 Å². The van der Waals surface area contributed by atoms with Gasteiger partial charge in [0.15, 0.2) is 0 Å². The van der Waals surface area contributed by atoms with E-state index in [1.807, 2.05) is 0 Å². The van der Waals surface area contributed by atoms with Gasteiger partial charge in [-0.2, -0.15) is 0 Å². The Balaban J connectivity index is 1.55. The topological polar surface area (TPSA) is 53.4 Å². The van der Waals surface area contributed by atoms with E-state index < -0.39 is 5.97 Å². The average Bonchev–Trinajstić information content (AvgIpc) is 2.76. The van der Waals surface area contributed by atoms with Crippen molar-refractivity contribution in [2.24, 2.45) is 0 Å². The summed E-state index contributed by atoms with van der Waals surface area (Å²) < 4.78 is 0. The van der Waals surface area contributed by atoms with Crippen LogP contribution in [0.3, 0.4) is 0 Å². The lowest BCUT2D eigenvalue weighted by atomic mass is 9.91. The van der Waals surface area contributed by atoms with E-state index in [2.05, 4.69) is 28.1 Å². The fraction of sp³-hybridized carbons (Fsp3) is 0.400. The van der Waals surface area contributed by atoms with Crippen molar-refractivity contribution in [1.29, 1.82) is 0 Å². The molecule has 2 heterocycles. The minimum Gasteiger partial charge on any atom is -0.478 e. The third-order valence-electron chi connectivity index (χ3n) is 5.44. The van der Waals surface area contributed by atoms with E-state index in [1.165, 1.54) is 43.1 Å². The van der Waals surface area contributed by atoms with Crippen LogP contribution in [-0.2, 0) is 12.8 Å². The highest BCUT2D eigenvalue weighted by Crippen LogP contribution is 2.29. The number of fused-ring (bicyclic) bond motifs is 1. The number of carbonyl (C=O) groups is 1. The van der Waals surface area contributed by atoms with Gasteiger partial charge in [0.1, 0.15) is 0 Å². The number of hydrogen-bond acceptors (Lipinski definition) is 3. The predicted octanol–water partition coefficient (Wildman–Crippen LogP) is 3.40. The molecule has 0 unspecified atom stereocenters. The highest BCUT2D eigenvalue weighted by molar-refractivity contribution is 5.87. The number of benzene rings is 1. The van der Waals surface area contributed by atoms with Crippen molar-refractivity contribution < 1.29 is 9.90 Å². The molecule has 1 N–H and O–H groups in total. The highest BCUT2D eigenvalue weighted by Gasteiger charge is 2.26. The number of aromatic nitrogens is 1. The maximum absolute atomic E-state index is 10.9. The Morgan fingerprint density at radius 1 is 1.08 bits per heavy atom. The van der Waals surface area contributed by atoms with Gasteiger partial charge in [0.05, 0.1) is 11.3 Å². The summed E-state index contributed by atoms with van der Waals surface area (Å²) in [7, 11) is 0. The summed E-state index contributed by atoms with van der Waals surface area (Å²) in [5.41, 5.74) is 5.00. The molecule has 2 aromatic rings. The molecular formula is C20H22N2O2. The van der Waals surface area contributed by atoms with Crippen molar-refractivity contribution in [3.8, 4) is 11.3 Å². The van der Waals surface area contributed by atoms with Gasteiger partial charge in [0, 0.05) is 30.9 Å². The summed E-state index contributed by atoms with van der Waals surface area (Å²) in [6.45, 7) is 2.31. The summed E-state index contributed by atoms with van der Waals surface area (Å²) in [5, 5.41) is 8.99. The van der Waals surface area contributed by atoms with Gasteiger partial charge in [0.25, 0.3) is 0 Å². The molecule has 124 valence electrons. The van der Waals surface area contributed by atoms with Crippen LogP contribution in [0.4, 0.5) is 0 Å². The first-order chi connectivity index (χ1) is 11.7. The molecule has 0 spiro atoms. The number of hydrogen-bond donors (Lipinski definition) is 1. The van der Waals surface area contributed by atoms with Crippen LogP contribution in [0, 0.1) is 0 Å². The van der Waals surface area contributed by atoms with Gasteiger partial charge < -0.3 is 5.11 Å². The first-order valence-corrected chi connectivity index (χ1v) is 8.76. The zero-order valence-corrected chi connectivity index (χ0v) is 13.7. The van der Waals surface area contributed by atoms with Gasteiger partial charge >= 0.3 is 5.97 Å². The number of carboxylic acid groups (broad SMARTS) is 1. The van der Waals surface area contributed by atoms with Gasteiger partial charge in [-0.1, -0.05) is 18.6 Å². The average molecular weight is 322 g/mol. The molecule has 1 saturated carbocycles. The summed E-state index contributed by atoms with van der Waals surface area (Å²) in [5.74, 6) is -0.938. The quantitative estimate of drug-likeness (QED) is 0.941. The van der Waals surface area contributed by atoms with Gasteiger partial charge in [-0.25, -0.2) is 4.79 Å². The van der Waals surface area contributed by atoms with Crippen molar-refractivity contribution >= 4 is 5.97 Å². The summed E-state index contributed by atoms with van der Waals surface area (Å²) in [6.07, 6.45) is 7.76. The number of nitrogens with zero attached hydrogens (tertiary/aromatic N) is 2. The molecule has 1 fully saturated rings. The number of rotatable bonds is 3. The molecule has 24 heavy (non-hydrogen) atoms. The zero-order valence-electron chi connectivity index (χ0n) is 13.7. The van der Waals surface area contributed by atoms with Crippen LogP contribution in [0.1, 0.15) is 40.7 Å². The largest absolute Gasteiger partial charge is 0.478 e. The Labute approximate surface area is 142 Å². The molecular weight excluding hydrogens is 300 g/mol. The van der Waals surface area contributed by atoms with Crippen molar-refractivity contribution in [3.05, 3.63) is 53.2 Å². The van der Waals surface area contributed by atoms with E-state index in [1.54, 1.807) is 12.1 Å². The lowest BCUT2D eigenvalue weighted by Crippen LogP contribution is -2.41. The SMILES string of the molecule is O=C(O)c1ccc(-c2ccc3c(c2)CCN(C2CCC2)CC3)nc1. The molecule has 1 aliphatic carbocycles. The Kier molecular flexibility index (Phi) is 4.07. The van der Waals surface area contributed by atoms with Crippen LogP contribution < -0.4 is 0 Å². The van der Waals surface area contributed by atoms with Crippen LogP contribution in [0.5, 0.6) is 0 Å². The minimum atomic E-state index is -0.938. The third kappa shape index (κ3) is 2.94. The van der Waals surface area contributed by atoms with E-state index >= 15 is 0 Å². The van der Waals surface area contributed by atoms with Crippen LogP contribution in [0.15, 0.2) is 36.5 Å². The van der Waals surface area contributed by atoms with Crippen LogP contribution >= 0.6 is 0 Å². The second-order valence-corrected chi connectivity index (χ2v) is 6.84. The molecule has 0 saturated heterocycles. The maximum Gasteiger partial charge on any atom is 0.337 e.